The van der Waals surface area contributed by atoms with E-state index in [-0.39, 0.29) is 5.54 Å². The van der Waals surface area contributed by atoms with E-state index >= 15 is 0 Å². The molecule has 0 saturated carbocycles. The number of allylic oxidation sites excluding steroid dienone is 1. The van der Waals surface area contributed by atoms with Crippen molar-refractivity contribution in [3.8, 4) is 28.2 Å². The van der Waals surface area contributed by atoms with Crippen LogP contribution in [-0.4, -0.2) is 12.6 Å². The van der Waals surface area contributed by atoms with Crippen LogP contribution in [0.4, 0.5) is 5.69 Å². The van der Waals surface area contributed by atoms with Gasteiger partial charge in [-0.3, -0.25) is 0 Å². The van der Waals surface area contributed by atoms with Crippen molar-refractivity contribution in [3.63, 3.8) is 0 Å². The van der Waals surface area contributed by atoms with Gasteiger partial charge in [0.25, 0.3) is 0 Å². The largest absolute Gasteiger partial charge is 0.497 e. The molecular weight excluding hydrogens is 372 g/mol. The van der Waals surface area contributed by atoms with Crippen LogP contribution >= 0.6 is 0 Å². The fourth-order valence-corrected chi connectivity index (χ4v) is 4.51. The normalized spacial score (nSPS) is 14.9. The van der Waals surface area contributed by atoms with Crippen LogP contribution in [0, 0.1) is 5.41 Å². The number of benzene rings is 3. The number of methoxy groups -OCH3 is 1. The number of rotatable bonds is 2. The first kappa shape index (κ1) is 18.5. The summed E-state index contributed by atoms with van der Waals surface area (Å²) in [4.78, 5) is 0. The van der Waals surface area contributed by atoms with Crippen molar-refractivity contribution in [2.24, 2.45) is 0 Å². The summed E-state index contributed by atoms with van der Waals surface area (Å²) < 4.78 is 11.8. The Kier molecular flexibility index (Phi) is 4.00. The smallest absolute Gasteiger partial charge is 0.144 e. The average molecular weight is 396 g/mol. The van der Waals surface area contributed by atoms with Crippen LogP contribution in [0.1, 0.15) is 26.3 Å². The lowest BCUT2D eigenvalue weighted by atomic mass is 9.87. The Morgan fingerprint density at radius 2 is 1.73 bits per heavy atom. The Morgan fingerprint density at radius 1 is 0.967 bits per heavy atom. The first-order chi connectivity index (χ1) is 14.4. The number of fused-ring (bicyclic) bond motifs is 4. The second-order valence-corrected chi connectivity index (χ2v) is 8.46. The van der Waals surface area contributed by atoms with Gasteiger partial charge in [-0.25, -0.2) is 0 Å². The van der Waals surface area contributed by atoms with Crippen LogP contribution in [0.25, 0.3) is 39.0 Å². The van der Waals surface area contributed by atoms with Crippen molar-refractivity contribution in [2.45, 2.75) is 26.3 Å². The Balaban J connectivity index is 1.90. The molecule has 0 fully saturated rings. The SMILES string of the molecule is COc1ccc(-c2c3ccc(=N)cc-3oc3c4c(ccc23)NC(C)(C)C=C4C)cc1. The molecule has 2 aromatic carbocycles. The van der Waals surface area contributed by atoms with Gasteiger partial charge in [0, 0.05) is 33.8 Å². The molecular formula is C26H24N2O2. The van der Waals surface area contributed by atoms with E-state index in [1.807, 2.05) is 24.3 Å². The molecule has 0 spiro atoms. The Hall–Kier alpha value is -3.53. The molecule has 0 saturated heterocycles. The van der Waals surface area contributed by atoms with Gasteiger partial charge in [-0.05, 0) is 68.3 Å². The van der Waals surface area contributed by atoms with Gasteiger partial charge in [0.1, 0.15) is 17.1 Å². The molecule has 0 amide bonds. The molecule has 2 N–H and O–H groups in total. The van der Waals surface area contributed by atoms with Gasteiger partial charge in [0.2, 0.25) is 0 Å². The molecule has 30 heavy (non-hydrogen) atoms. The van der Waals surface area contributed by atoms with Gasteiger partial charge in [-0.1, -0.05) is 18.2 Å². The van der Waals surface area contributed by atoms with Crippen molar-refractivity contribution < 1.29 is 9.15 Å². The maximum Gasteiger partial charge on any atom is 0.144 e. The van der Waals surface area contributed by atoms with E-state index in [0.717, 1.165) is 44.7 Å². The molecule has 4 nitrogen and oxygen atoms in total. The van der Waals surface area contributed by atoms with Crippen molar-refractivity contribution in [3.05, 3.63) is 71.6 Å². The molecule has 2 heterocycles. The van der Waals surface area contributed by atoms with Gasteiger partial charge in [-0.15, -0.1) is 0 Å². The van der Waals surface area contributed by atoms with Crippen molar-refractivity contribution in [2.75, 3.05) is 12.4 Å². The molecule has 2 aromatic rings. The number of nitrogens with one attached hydrogen (secondary N) is 2. The maximum atomic E-state index is 8.09. The molecule has 150 valence electrons. The van der Waals surface area contributed by atoms with E-state index in [4.69, 9.17) is 14.6 Å². The summed E-state index contributed by atoms with van der Waals surface area (Å²) in [5, 5.41) is 13.2. The highest BCUT2D eigenvalue weighted by molar-refractivity contribution is 6.07. The molecule has 1 aliphatic carbocycles. The maximum absolute atomic E-state index is 8.09. The van der Waals surface area contributed by atoms with Crippen LogP contribution in [0.2, 0.25) is 0 Å². The van der Waals surface area contributed by atoms with E-state index in [1.165, 1.54) is 5.57 Å². The predicted molar refractivity (Wildman–Crippen MR) is 122 cm³/mol. The van der Waals surface area contributed by atoms with E-state index in [2.05, 4.69) is 56.4 Å². The summed E-state index contributed by atoms with van der Waals surface area (Å²) in [7, 11) is 1.67. The van der Waals surface area contributed by atoms with Crippen LogP contribution in [-0.2, 0) is 0 Å². The number of anilines is 1. The van der Waals surface area contributed by atoms with Gasteiger partial charge < -0.3 is 19.9 Å². The standard InChI is InChI=1S/C26H24N2O2/c1-15-14-26(2,3)28-21-12-11-20-24(16-5-8-18(29-4)9-6-16)19-10-7-17(27)13-22(19)30-25(20)23(15)21/h5-14,27-28H,1-4H3. The minimum Gasteiger partial charge on any atom is -0.497 e. The highest BCUT2D eigenvalue weighted by Gasteiger charge is 2.27. The molecule has 5 rings (SSSR count). The Morgan fingerprint density at radius 3 is 2.47 bits per heavy atom. The second-order valence-electron chi connectivity index (χ2n) is 8.46. The summed E-state index contributed by atoms with van der Waals surface area (Å²) in [6, 6.07) is 18.0. The number of hydrogen-bond acceptors (Lipinski definition) is 4. The van der Waals surface area contributed by atoms with E-state index in [1.54, 1.807) is 13.2 Å². The molecule has 3 aliphatic rings. The van der Waals surface area contributed by atoms with Crippen molar-refractivity contribution in [1.82, 2.24) is 0 Å². The number of ether oxygens (including phenoxy) is 1. The van der Waals surface area contributed by atoms with E-state index in [0.29, 0.717) is 11.1 Å². The predicted octanol–water partition coefficient (Wildman–Crippen LogP) is 6.30. The van der Waals surface area contributed by atoms with Gasteiger partial charge in [0.05, 0.1) is 18.0 Å². The molecule has 0 atom stereocenters. The van der Waals surface area contributed by atoms with Gasteiger partial charge in [0.15, 0.2) is 0 Å². The summed E-state index contributed by atoms with van der Waals surface area (Å²) in [6.45, 7) is 6.46. The van der Waals surface area contributed by atoms with Gasteiger partial charge >= 0.3 is 0 Å². The minimum atomic E-state index is -0.116. The van der Waals surface area contributed by atoms with Crippen molar-refractivity contribution >= 4 is 22.2 Å². The Labute approximate surface area is 175 Å². The summed E-state index contributed by atoms with van der Waals surface area (Å²) >= 11 is 0. The van der Waals surface area contributed by atoms with Crippen LogP contribution in [0.5, 0.6) is 5.75 Å². The second kappa shape index (κ2) is 6.49. The zero-order chi connectivity index (χ0) is 21.0. The topological polar surface area (TPSA) is 58.2 Å². The van der Waals surface area contributed by atoms with Crippen molar-refractivity contribution in [1.29, 1.82) is 5.41 Å². The molecule has 0 aromatic heterocycles. The average Bonchev–Trinajstić information content (AvgIpc) is 2.70. The highest BCUT2D eigenvalue weighted by atomic mass is 16.5. The molecule has 2 aliphatic heterocycles. The van der Waals surface area contributed by atoms with Crippen LogP contribution in [0.3, 0.4) is 0 Å². The lowest BCUT2D eigenvalue weighted by molar-refractivity contribution is 0.415. The van der Waals surface area contributed by atoms with Gasteiger partial charge in [-0.2, -0.15) is 0 Å². The lowest BCUT2D eigenvalue weighted by Gasteiger charge is -2.32. The molecule has 4 heteroatoms. The first-order valence-corrected chi connectivity index (χ1v) is 10.1. The first-order valence-electron chi connectivity index (χ1n) is 10.1. The minimum absolute atomic E-state index is 0.116. The summed E-state index contributed by atoms with van der Waals surface area (Å²) in [5.41, 5.74) is 7.25. The van der Waals surface area contributed by atoms with E-state index in [9.17, 15) is 0 Å². The van der Waals surface area contributed by atoms with Crippen LogP contribution in [0.15, 0.2) is 65.1 Å². The fraction of sp³-hybridized carbons (Fsp3) is 0.192. The third-order valence-corrected chi connectivity index (χ3v) is 5.70. The monoisotopic (exact) mass is 396 g/mol. The Bertz CT molecular complexity index is 1340. The highest BCUT2D eigenvalue weighted by Crippen LogP contribution is 2.45. The summed E-state index contributed by atoms with van der Waals surface area (Å²) in [6.07, 6.45) is 2.24. The zero-order valence-corrected chi connectivity index (χ0v) is 17.6. The quantitative estimate of drug-likeness (QED) is 0.391. The third kappa shape index (κ3) is 2.88. The third-order valence-electron chi connectivity index (χ3n) is 5.70. The van der Waals surface area contributed by atoms with E-state index < -0.39 is 0 Å². The summed E-state index contributed by atoms with van der Waals surface area (Å²) in [5.74, 6) is 1.54. The molecule has 0 unspecified atom stereocenters. The lowest BCUT2D eigenvalue weighted by Crippen LogP contribution is -2.31. The zero-order valence-electron chi connectivity index (χ0n) is 17.6. The molecule has 0 bridgehead atoms. The fourth-order valence-electron chi connectivity index (χ4n) is 4.51. The number of hydrogen-bond donors (Lipinski definition) is 2. The molecule has 0 radical (unpaired) electrons. The van der Waals surface area contributed by atoms with Crippen LogP contribution < -0.4 is 15.4 Å².